The van der Waals surface area contributed by atoms with E-state index in [1.54, 1.807) is 19.1 Å². The van der Waals surface area contributed by atoms with Gasteiger partial charge in [-0.2, -0.15) is 0 Å². The molecule has 2 aromatic rings. The Kier molecular flexibility index (Phi) is 4.01. The second-order valence-corrected chi connectivity index (χ2v) is 7.70. The van der Waals surface area contributed by atoms with E-state index in [4.69, 9.17) is 0 Å². The fourth-order valence-corrected chi connectivity index (χ4v) is 4.88. The molecule has 2 fully saturated rings. The van der Waals surface area contributed by atoms with E-state index in [1.807, 2.05) is 9.80 Å². The van der Waals surface area contributed by atoms with Gasteiger partial charge in [0.15, 0.2) is 0 Å². The smallest absolute Gasteiger partial charge is 0.270 e. The van der Waals surface area contributed by atoms with Gasteiger partial charge < -0.3 is 14.8 Å². The van der Waals surface area contributed by atoms with Gasteiger partial charge in [0.05, 0.1) is 11.6 Å². The molecule has 1 aromatic carbocycles. The Morgan fingerprint density at radius 1 is 1.23 bits per heavy atom. The van der Waals surface area contributed by atoms with Crippen molar-refractivity contribution in [3.63, 3.8) is 0 Å². The quantitative estimate of drug-likeness (QED) is 0.851. The third kappa shape index (κ3) is 2.59. The Hall–Kier alpha value is -2.37. The highest BCUT2D eigenvalue weighted by Gasteiger charge is 2.49. The van der Waals surface area contributed by atoms with Crippen LogP contribution in [-0.2, 0) is 4.79 Å². The van der Waals surface area contributed by atoms with Crippen LogP contribution >= 0.6 is 0 Å². The Balaban J connectivity index is 1.67. The maximum absolute atomic E-state index is 13.4. The molecule has 0 aliphatic carbocycles. The molecule has 26 heavy (non-hydrogen) atoms. The molecule has 1 N–H and O–H groups in total. The summed E-state index contributed by atoms with van der Waals surface area (Å²) in [5, 5.41) is 0.696. The van der Waals surface area contributed by atoms with Gasteiger partial charge in [-0.1, -0.05) is 0 Å². The summed E-state index contributed by atoms with van der Waals surface area (Å²) in [7, 11) is 0. The first-order chi connectivity index (χ1) is 12.4. The predicted molar refractivity (Wildman–Crippen MR) is 97.3 cm³/mol. The maximum atomic E-state index is 13.4. The van der Waals surface area contributed by atoms with Crippen LogP contribution in [0.15, 0.2) is 24.3 Å². The van der Waals surface area contributed by atoms with Crippen LogP contribution in [0.5, 0.6) is 0 Å². The summed E-state index contributed by atoms with van der Waals surface area (Å²) in [4.78, 5) is 32.3. The molecule has 1 aromatic heterocycles. The van der Waals surface area contributed by atoms with E-state index in [0.29, 0.717) is 17.6 Å². The van der Waals surface area contributed by atoms with Gasteiger partial charge in [0.2, 0.25) is 5.91 Å². The minimum absolute atomic E-state index is 0.0181. The van der Waals surface area contributed by atoms with Crippen molar-refractivity contribution in [1.29, 1.82) is 0 Å². The Morgan fingerprint density at radius 2 is 2.04 bits per heavy atom. The number of nitrogens with one attached hydrogen (secondary N) is 1. The fraction of sp³-hybridized carbons (Fsp3) is 0.500. The van der Waals surface area contributed by atoms with E-state index in [2.05, 4.69) is 11.9 Å². The van der Waals surface area contributed by atoms with Crippen molar-refractivity contribution >= 4 is 22.7 Å². The summed E-state index contributed by atoms with van der Waals surface area (Å²) in [6.07, 6.45) is 3.60. The largest absolute Gasteiger partial charge is 0.351 e. The van der Waals surface area contributed by atoms with Crippen LogP contribution < -0.4 is 0 Å². The first-order valence-electron chi connectivity index (χ1n) is 9.27. The average molecular weight is 357 g/mol. The summed E-state index contributed by atoms with van der Waals surface area (Å²) in [5.74, 6) is -0.305. The Bertz CT molecular complexity index is 877. The number of likely N-dealkylation sites (tertiary alicyclic amines) is 2. The molecule has 138 valence electrons. The van der Waals surface area contributed by atoms with Gasteiger partial charge in [0.25, 0.3) is 5.91 Å². The van der Waals surface area contributed by atoms with Crippen LogP contribution in [0.25, 0.3) is 10.9 Å². The number of fused-ring (bicyclic) bond motifs is 2. The Morgan fingerprint density at radius 3 is 2.81 bits per heavy atom. The summed E-state index contributed by atoms with van der Waals surface area (Å²) < 4.78 is 13.4. The topological polar surface area (TPSA) is 56.4 Å². The number of hydrogen-bond acceptors (Lipinski definition) is 2. The van der Waals surface area contributed by atoms with Gasteiger partial charge in [0.1, 0.15) is 11.5 Å². The van der Waals surface area contributed by atoms with Crippen LogP contribution in [0, 0.1) is 5.82 Å². The number of nitrogens with zero attached hydrogens (tertiary/aromatic N) is 2. The lowest BCUT2D eigenvalue weighted by Gasteiger charge is -2.56. The fourth-order valence-electron chi connectivity index (χ4n) is 4.88. The van der Waals surface area contributed by atoms with Crippen LogP contribution in [0.3, 0.4) is 0 Å². The minimum Gasteiger partial charge on any atom is -0.351 e. The number of piperidine rings is 2. The number of aromatic amines is 1. The SMILES string of the molecule is CC(=O)N1CCC[C@@H]2N(C(=O)c3cc4cc(F)ccc4[nH]3)CCC[C@@]21C. The molecular formula is C20H24FN3O2. The number of rotatable bonds is 1. The van der Waals surface area contributed by atoms with E-state index in [-0.39, 0.29) is 29.2 Å². The first kappa shape index (κ1) is 17.1. The number of hydrogen-bond donors (Lipinski definition) is 1. The molecule has 4 rings (SSSR count). The number of carbonyl (C=O) groups excluding carboxylic acids is 2. The van der Waals surface area contributed by atoms with Crippen LogP contribution in [0.2, 0.25) is 0 Å². The molecule has 2 aliphatic rings. The van der Waals surface area contributed by atoms with Crippen LogP contribution in [0.4, 0.5) is 4.39 Å². The number of benzene rings is 1. The van der Waals surface area contributed by atoms with E-state index in [1.165, 1.54) is 12.1 Å². The summed E-state index contributed by atoms with van der Waals surface area (Å²) in [6.45, 7) is 5.17. The zero-order valence-electron chi connectivity index (χ0n) is 15.2. The molecule has 5 nitrogen and oxygen atoms in total. The van der Waals surface area contributed by atoms with E-state index in [9.17, 15) is 14.0 Å². The second kappa shape index (κ2) is 6.11. The van der Waals surface area contributed by atoms with Gasteiger partial charge in [-0.3, -0.25) is 9.59 Å². The molecule has 0 bridgehead atoms. The van der Waals surface area contributed by atoms with Crippen molar-refractivity contribution < 1.29 is 14.0 Å². The molecule has 2 aliphatic heterocycles. The van der Waals surface area contributed by atoms with Crippen molar-refractivity contribution in [2.24, 2.45) is 0 Å². The first-order valence-corrected chi connectivity index (χ1v) is 9.27. The standard InChI is InChI=1S/C20H24FN3O2/c1-13(25)24-10-3-5-18-20(24,2)8-4-9-23(18)19(26)17-12-14-11-15(21)6-7-16(14)22-17/h6-7,11-12,18,22H,3-5,8-10H2,1-2H3/t18-,20-/m0/s1. The summed E-state index contributed by atoms with van der Waals surface area (Å²) >= 11 is 0. The molecule has 0 saturated carbocycles. The monoisotopic (exact) mass is 357 g/mol. The van der Waals surface area contributed by atoms with E-state index >= 15 is 0 Å². The molecule has 2 amide bonds. The number of carbonyl (C=O) groups is 2. The van der Waals surface area contributed by atoms with Gasteiger partial charge in [-0.15, -0.1) is 0 Å². The molecule has 2 atom stereocenters. The molecule has 6 heteroatoms. The maximum Gasteiger partial charge on any atom is 0.270 e. The second-order valence-electron chi connectivity index (χ2n) is 7.70. The third-order valence-electron chi connectivity index (χ3n) is 6.11. The lowest BCUT2D eigenvalue weighted by atomic mass is 9.76. The predicted octanol–water partition coefficient (Wildman–Crippen LogP) is 3.31. The number of halogens is 1. The molecular weight excluding hydrogens is 333 g/mol. The Labute approximate surface area is 152 Å². The van der Waals surface area contributed by atoms with Gasteiger partial charge >= 0.3 is 0 Å². The highest BCUT2D eigenvalue weighted by molar-refractivity contribution is 5.98. The van der Waals surface area contributed by atoms with Gasteiger partial charge in [-0.05, 0) is 56.9 Å². The molecule has 0 spiro atoms. The normalized spacial score (nSPS) is 26.0. The minimum atomic E-state index is -0.314. The van der Waals surface area contributed by atoms with Gasteiger partial charge in [-0.25, -0.2) is 4.39 Å². The van der Waals surface area contributed by atoms with Crippen molar-refractivity contribution in [2.75, 3.05) is 13.1 Å². The van der Waals surface area contributed by atoms with Crippen LogP contribution in [0.1, 0.15) is 50.0 Å². The zero-order chi connectivity index (χ0) is 18.5. The van der Waals surface area contributed by atoms with Crippen molar-refractivity contribution in [3.05, 3.63) is 35.8 Å². The number of aromatic nitrogens is 1. The average Bonchev–Trinajstić information content (AvgIpc) is 3.02. The van der Waals surface area contributed by atoms with Gasteiger partial charge in [0, 0.05) is 30.9 Å². The van der Waals surface area contributed by atoms with E-state index < -0.39 is 0 Å². The molecule has 0 radical (unpaired) electrons. The lowest BCUT2D eigenvalue weighted by molar-refractivity contribution is -0.143. The molecule has 3 heterocycles. The third-order valence-corrected chi connectivity index (χ3v) is 6.11. The summed E-state index contributed by atoms with van der Waals surface area (Å²) in [6, 6.07) is 6.21. The van der Waals surface area contributed by atoms with E-state index in [0.717, 1.165) is 37.7 Å². The lowest BCUT2D eigenvalue weighted by Crippen LogP contribution is -2.68. The van der Waals surface area contributed by atoms with Crippen LogP contribution in [-0.4, -0.2) is 51.3 Å². The highest BCUT2D eigenvalue weighted by atomic mass is 19.1. The highest BCUT2D eigenvalue weighted by Crippen LogP contribution is 2.39. The number of H-pyrrole nitrogens is 1. The summed E-state index contributed by atoms with van der Waals surface area (Å²) in [5.41, 5.74) is 0.925. The van der Waals surface area contributed by atoms with Crippen molar-refractivity contribution in [2.45, 2.75) is 51.1 Å². The molecule has 2 saturated heterocycles. The van der Waals surface area contributed by atoms with Crippen molar-refractivity contribution in [3.8, 4) is 0 Å². The zero-order valence-corrected chi connectivity index (χ0v) is 15.2. The van der Waals surface area contributed by atoms with Crippen molar-refractivity contribution in [1.82, 2.24) is 14.8 Å². The number of amides is 2. The molecule has 0 unspecified atom stereocenters.